The maximum atomic E-state index is 13.3. The van der Waals surface area contributed by atoms with Crippen LogP contribution in [0.4, 0.5) is 10.1 Å². The molecule has 0 radical (unpaired) electrons. The Labute approximate surface area is 106 Å². The minimum Gasteiger partial charge on any atom is -0.358 e. The summed E-state index contributed by atoms with van der Waals surface area (Å²) < 4.78 is 13.3. The van der Waals surface area contributed by atoms with Crippen molar-refractivity contribution in [3.63, 3.8) is 0 Å². The van der Waals surface area contributed by atoms with E-state index in [1.165, 1.54) is 12.1 Å². The number of nitrogens with zero attached hydrogens (tertiary/aromatic N) is 1. The van der Waals surface area contributed by atoms with Gasteiger partial charge in [0.1, 0.15) is 11.9 Å². The SMILES string of the molecule is CC(N)c1cc(F)ccc1N1CCNC(=O)C1C. The van der Waals surface area contributed by atoms with Gasteiger partial charge in [-0.25, -0.2) is 4.39 Å². The van der Waals surface area contributed by atoms with E-state index in [-0.39, 0.29) is 23.8 Å². The average Bonchev–Trinajstić information content (AvgIpc) is 2.33. The molecule has 4 nitrogen and oxygen atoms in total. The lowest BCUT2D eigenvalue weighted by Gasteiger charge is -2.36. The highest BCUT2D eigenvalue weighted by Gasteiger charge is 2.27. The van der Waals surface area contributed by atoms with Crippen molar-refractivity contribution in [2.75, 3.05) is 18.0 Å². The number of piperazine rings is 1. The Morgan fingerprint density at radius 1 is 1.56 bits per heavy atom. The lowest BCUT2D eigenvalue weighted by Crippen LogP contribution is -2.54. The third-order valence-corrected chi connectivity index (χ3v) is 3.29. The molecule has 0 bridgehead atoms. The summed E-state index contributed by atoms with van der Waals surface area (Å²) in [5.74, 6) is -0.318. The molecule has 2 atom stereocenters. The van der Waals surface area contributed by atoms with Crippen molar-refractivity contribution in [3.05, 3.63) is 29.6 Å². The number of carbonyl (C=O) groups excluding carboxylic acids is 1. The fourth-order valence-electron chi connectivity index (χ4n) is 2.26. The first-order chi connectivity index (χ1) is 8.50. The van der Waals surface area contributed by atoms with Crippen LogP contribution >= 0.6 is 0 Å². The van der Waals surface area contributed by atoms with Crippen LogP contribution in [0, 0.1) is 5.82 Å². The van der Waals surface area contributed by atoms with Crippen LogP contribution in [0.2, 0.25) is 0 Å². The van der Waals surface area contributed by atoms with E-state index in [9.17, 15) is 9.18 Å². The molecular weight excluding hydrogens is 233 g/mol. The highest BCUT2D eigenvalue weighted by Crippen LogP contribution is 2.28. The Morgan fingerprint density at radius 3 is 2.94 bits per heavy atom. The normalized spacial score (nSPS) is 21.7. The van der Waals surface area contributed by atoms with E-state index in [2.05, 4.69) is 5.32 Å². The van der Waals surface area contributed by atoms with Crippen molar-refractivity contribution in [2.24, 2.45) is 5.73 Å². The summed E-state index contributed by atoms with van der Waals surface area (Å²) in [4.78, 5) is 13.6. The van der Waals surface area contributed by atoms with Crippen LogP contribution in [0.3, 0.4) is 0 Å². The monoisotopic (exact) mass is 251 g/mol. The van der Waals surface area contributed by atoms with Gasteiger partial charge in [-0.15, -0.1) is 0 Å². The van der Waals surface area contributed by atoms with E-state index in [0.29, 0.717) is 13.1 Å². The standard InChI is InChI=1S/C13H18FN3O/c1-8(15)11-7-10(14)3-4-12(11)17-6-5-16-13(18)9(17)2/h3-4,7-9H,5-6,15H2,1-2H3,(H,16,18). The molecule has 1 fully saturated rings. The van der Waals surface area contributed by atoms with Crippen molar-refractivity contribution < 1.29 is 9.18 Å². The van der Waals surface area contributed by atoms with E-state index < -0.39 is 0 Å². The van der Waals surface area contributed by atoms with Crippen LogP contribution in [0.15, 0.2) is 18.2 Å². The zero-order valence-corrected chi connectivity index (χ0v) is 10.6. The number of anilines is 1. The van der Waals surface area contributed by atoms with Crippen LogP contribution in [-0.2, 0) is 4.79 Å². The summed E-state index contributed by atoms with van der Waals surface area (Å²) in [6.45, 7) is 4.95. The summed E-state index contributed by atoms with van der Waals surface area (Å²) in [5.41, 5.74) is 7.45. The van der Waals surface area contributed by atoms with Crippen LogP contribution in [-0.4, -0.2) is 25.0 Å². The van der Waals surface area contributed by atoms with Gasteiger partial charge in [0.2, 0.25) is 5.91 Å². The number of halogens is 1. The third-order valence-electron chi connectivity index (χ3n) is 3.29. The molecule has 2 unspecified atom stereocenters. The minimum absolute atomic E-state index is 0.0128. The summed E-state index contributed by atoms with van der Waals surface area (Å²) in [7, 11) is 0. The molecule has 1 aromatic carbocycles. The van der Waals surface area contributed by atoms with Crippen LogP contribution < -0.4 is 16.0 Å². The topological polar surface area (TPSA) is 58.4 Å². The van der Waals surface area contributed by atoms with Gasteiger partial charge in [-0.05, 0) is 37.6 Å². The van der Waals surface area contributed by atoms with Gasteiger partial charge in [-0.1, -0.05) is 0 Å². The molecule has 3 N–H and O–H groups in total. The smallest absolute Gasteiger partial charge is 0.242 e. The second-order valence-corrected chi connectivity index (χ2v) is 4.65. The number of nitrogens with one attached hydrogen (secondary N) is 1. The number of benzene rings is 1. The molecule has 1 aliphatic rings. The number of hydrogen-bond donors (Lipinski definition) is 2. The molecule has 5 heteroatoms. The molecule has 1 heterocycles. The Bertz CT molecular complexity index is 462. The summed E-state index contributed by atoms with van der Waals surface area (Å²) in [6, 6.07) is 4.01. The molecule has 1 aromatic rings. The first kappa shape index (κ1) is 12.8. The van der Waals surface area contributed by atoms with Gasteiger partial charge in [0.05, 0.1) is 0 Å². The highest BCUT2D eigenvalue weighted by molar-refractivity contribution is 5.86. The molecule has 0 aliphatic carbocycles. The second kappa shape index (κ2) is 4.94. The molecule has 1 amide bonds. The first-order valence-corrected chi connectivity index (χ1v) is 6.10. The Hall–Kier alpha value is -1.62. The van der Waals surface area contributed by atoms with Crippen LogP contribution in [0.1, 0.15) is 25.5 Å². The summed E-state index contributed by atoms with van der Waals surface area (Å²) >= 11 is 0. The lowest BCUT2D eigenvalue weighted by molar-refractivity contribution is -0.122. The molecule has 0 aromatic heterocycles. The zero-order valence-electron chi connectivity index (χ0n) is 10.6. The van der Waals surface area contributed by atoms with Crippen molar-refractivity contribution in [1.82, 2.24) is 5.32 Å². The molecule has 1 saturated heterocycles. The first-order valence-electron chi connectivity index (χ1n) is 6.10. The highest BCUT2D eigenvalue weighted by atomic mass is 19.1. The Balaban J connectivity index is 2.40. The van der Waals surface area contributed by atoms with Crippen molar-refractivity contribution in [1.29, 1.82) is 0 Å². The van der Waals surface area contributed by atoms with Gasteiger partial charge in [0, 0.05) is 24.8 Å². The van der Waals surface area contributed by atoms with Crippen LogP contribution in [0.5, 0.6) is 0 Å². The predicted molar refractivity (Wildman–Crippen MR) is 68.8 cm³/mol. The number of nitrogens with two attached hydrogens (primary N) is 1. The molecule has 18 heavy (non-hydrogen) atoms. The van der Waals surface area contributed by atoms with Gasteiger partial charge in [0.25, 0.3) is 0 Å². The zero-order chi connectivity index (χ0) is 13.3. The van der Waals surface area contributed by atoms with E-state index in [4.69, 9.17) is 5.73 Å². The molecule has 1 aliphatic heterocycles. The molecule has 2 rings (SSSR count). The molecule has 0 spiro atoms. The third kappa shape index (κ3) is 2.31. The summed E-state index contributed by atoms with van der Waals surface area (Å²) in [6.07, 6.45) is 0. The van der Waals surface area contributed by atoms with Gasteiger partial charge in [-0.2, -0.15) is 0 Å². The summed E-state index contributed by atoms with van der Waals surface area (Å²) in [5, 5.41) is 2.81. The largest absolute Gasteiger partial charge is 0.358 e. The van der Waals surface area contributed by atoms with E-state index in [1.807, 2.05) is 18.7 Å². The van der Waals surface area contributed by atoms with Crippen molar-refractivity contribution >= 4 is 11.6 Å². The fourth-order valence-corrected chi connectivity index (χ4v) is 2.26. The number of carbonyl (C=O) groups is 1. The van der Waals surface area contributed by atoms with Gasteiger partial charge >= 0.3 is 0 Å². The Morgan fingerprint density at radius 2 is 2.28 bits per heavy atom. The van der Waals surface area contributed by atoms with E-state index in [1.54, 1.807) is 6.07 Å². The van der Waals surface area contributed by atoms with E-state index in [0.717, 1.165) is 11.3 Å². The molecular formula is C13H18FN3O. The maximum absolute atomic E-state index is 13.3. The van der Waals surface area contributed by atoms with Crippen LogP contribution in [0.25, 0.3) is 0 Å². The van der Waals surface area contributed by atoms with Gasteiger partial charge in [-0.3, -0.25) is 4.79 Å². The minimum atomic E-state index is -0.305. The quantitative estimate of drug-likeness (QED) is 0.829. The lowest BCUT2D eigenvalue weighted by atomic mass is 10.0. The second-order valence-electron chi connectivity index (χ2n) is 4.65. The van der Waals surface area contributed by atoms with Gasteiger partial charge < -0.3 is 16.0 Å². The van der Waals surface area contributed by atoms with Crippen molar-refractivity contribution in [2.45, 2.75) is 25.9 Å². The fraction of sp³-hybridized carbons (Fsp3) is 0.462. The average molecular weight is 251 g/mol. The molecule has 98 valence electrons. The Kier molecular flexibility index (Phi) is 3.52. The van der Waals surface area contributed by atoms with Gasteiger partial charge in [0.15, 0.2) is 0 Å². The molecule has 0 saturated carbocycles. The number of amides is 1. The maximum Gasteiger partial charge on any atom is 0.242 e. The number of rotatable bonds is 2. The van der Waals surface area contributed by atoms with Crippen molar-refractivity contribution in [3.8, 4) is 0 Å². The van der Waals surface area contributed by atoms with E-state index >= 15 is 0 Å². The predicted octanol–water partition coefficient (Wildman–Crippen LogP) is 1.17. The number of hydrogen-bond acceptors (Lipinski definition) is 3.